The quantitative estimate of drug-likeness (QED) is 0.160. The van der Waals surface area contributed by atoms with Crippen LogP contribution in [0.25, 0.3) is 0 Å². The first-order chi connectivity index (χ1) is 20.1. The second kappa shape index (κ2) is 16.0. The lowest BCUT2D eigenvalue weighted by atomic mass is 9.81. The van der Waals surface area contributed by atoms with Crippen molar-refractivity contribution in [3.8, 4) is 5.75 Å². The van der Waals surface area contributed by atoms with E-state index in [0.717, 1.165) is 69.3 Å². The van der Waals surface area contributed by atoms with Crippen LogP contribution in [0.1, 0.15) is 76.0 Å². The van der Waals surface area contributed by atoms with Gasteiger partial charge in [0.2, 0.25) is 5.60 Å². The molecular weight excluding hydrogens is 554 g/mol. The minimum atomic E-state index is -2.25. The third-order valence-corrected chi connectivity index (χ3v) is 8.02. The Kier molecular flexibility index (Phi) is 12.7. The van der Waals surface area contributed by atoms with Crippen LogP contribution in [0.4, 0.5) is 5.69 Å². The van der Waals surface area contributed by atoms with Gasteiger partial charge in [-0.2, -0.15) is 0 Å². The molecule has 2 aromatic carbocycles. The Labute approximate surface area is 255 Å². The molecule has 0 amide bonds. The summed E-state index contributed by atoms with van der Waals surface area (Å²) < 4.78 is 16.8. The van der Waals surface area contributed by atoms with Gasteiger partial charge in [0.25, 0.3) is 0 Å². The number of hydrogen-bond donors (Lipinski definition) is 1. The normalized spacial score (nSPS) is 15.7. The lowest BCUT2D eigenvalue weighted by molar-refractivity contribution is -0.180. The summed E-state index contributed by atoms with van der Waals surface area (Å²) >= 11 is 6.30. The standard InChI is InChI=1S/C34H46ClNO6/c1-6-7-8-9-11-18-36-19-12-10-13-26-20-29(35)16-14-27(26)23-41-31-17-15-28(21-30(31)36)34(39,33(38)40-5)25(4)32(37)42-22-24(2)3/h6,14-17,20-21,24-25,39H,1,7-13,18-19,22-23H2,2-5H3/t25-,34+/m1/s1. The van der Waals surface area contributed by atoms with E-state index in [1.54, 1.807) is 18.2 Å². The fraction of sp³-hybridized carbons (Fsp3) is 0.529. The van der Waals surface area contributed by atoms with Crippen molar-refractivity contribution in [3.63, 3.8) is 0 Å². The van der Waals surface area contributed by atoms with Gasteiger partial charge < -0.3 is 24.2 Å². The van der Waals surface area contributed by atoms with E-state index in [-0.39, 0.29) is 18.1 Å². The molecule has 8 heteroatoms. The molecule has 7 nitrogen and oxygen atoms in total. The molecule has 0 aromatic heterocycles. The van der Waals surface area contributed by atoms with Gasteiger partial charge >= 0.3 is 11.9 Å². The first kappa shape index (κ1) is 33.5. The molecule has 0 saturated carbocycles. The maximum Gasteiger partial charge on any atom is 0.343 e. The van der Waals surface area contributed by atoms with Crippen LogP contribution < -0.4 is 9.64 Å². The number of carbonyl (C=O) groups excluding carboxylic acids is 2. The van der Waals surface area contributed by atoms with Crippen LogP contribution >= 0.6 is 11.6 Å². The SMILES string of the molecule is C=CCCCCCN1CCCCc2cc(Cl)ccc2COc2ccc([C@](O)(C(=O)OC)[C@H](C)C(=O)OCC(C)C)cc21. The number of hydrogen-bond acceptors (Lipinski definition) is 7. The van der Waals surface area contributed by atoms with Crippen LogP contribution in [0, 0.1) is 11.8 Å². The van der Waals surface area contributed by atoms with Crippen molar-refractivity contribution >= 4 is 29.2 Å². The number of rotatable bonds is 12. The van der Waals surface area contributed by atoms with E-state index < -0.39 is 23.5 Å². The van der Waals surface area contributed by atoms with Crippen LogP contribution in [-0.4, -0.2) is 43.9 Å². The number of anilines is 1. The fourth-order valence-corrected chi connectivity index (χ4v) is 5.43. The zero-order valence-electron chi connectivity index (χ0n) is 25.5. The maximum atomic E-state index is 13.1. The predicted octanol–water partition coefficient (Wildman–Crippen LogP) is 7.00. The zero-order chi connectivity index (χ0) is 30.7. The zero-order valence-corrected chi connectivity index (χ0v) is 26.3. The summed E-state index contributed by atoms with van der Waals surface area (Å²) in [5, 5.41) is 12.6. The fourth-order valence-electron chi connectivity index (χ4n) is 5.23. The maximum absolute atomic E-state index is 13.1. The summed E-state index contributed by atoms with van der Waals surface area (Å²) in [7, 11) is 1.20. The number of esters is 2. The second-order valence-electron chi connectivity index (χ2n) is 11.5. The first-order valence-corrected chi connectivity index (χ1v) is 15.4. The molecule has 1 heterocycles. The van der Waals surface area contributed by atoms with Crippen molar-refractivity contribution in [1.82, 2.24) is 0 Å². The number of aryl methyl sites for hydroxylation is 1. The number of unbranched alkanes of at least 4 members (excludes halogenated alkanes) is 3. The average molecular weight is 600 g/mol. The number of halogens is 1. The Bertz CT molecular complexity index is 1210. The summed E-state index contributed by atoms with van der Waals surface area (Å²) in [5.41, 5.74) is 1.01. The summed E-state index contributed by atoms with van der Waals surface area (Å²) in [4.78, 5) is 28.4. The van der Waals surface area contributed by atoms with Gasteiger partial charge in [0.05, 0.1) is 25.3 Å². The minimum Gasteiger partial charge on any atom is -0.487 e. The number of aliphatic hydroxyl groups is 1. The Morgan fingerprint density at radius 3 is 2.62 bits per heavy atom. The molecule has 0 spiro atoms. The first-order valence-electron chi connectivity index (χ1n) is 15.0. The monoisotopic (exact) mass is 599 g/mol. The van der Waals surface area contributed by atoms with E-state index in [2.05, 4.69) is 11.5 Å². The van der Waals surface area contributed by atoms with Gasteiger partial charge in [-0.15, -0.1) is 6.58 Å². The van der Waals surface area contributed by atoms with Crippen molar-refractivity contribution in [3.05, 3.63) is 70.8 Å². The van der Waals surface area contributed by atoms with Gasteiger partial charge in [0, 0.05) is 18.1 Å². The number of allylic oxidation sites excluding steroid dienone is 1. The minimum absolute atomic E-state index is 0.110. The van der Waals surface area contributed by atoms with Gasteiger partial charge in [0.15, 0.2) is 0 Å². The molecule has 3 rings (SSSR count). The molecule has 1 aliphatic rings. The number of carbonyl (C=O) groups is 2. The van der Waals surface area contributed by atoms with E-state index in [0.29, 0.717) is 17.4 Å². The molecule has 0 bridgehead atoms. The van der Waals surface area contributed by atoms with E-state index in [4.69, 9.17) is 25.8 Å². The van der Waals surface area contributed by atoms with Crippen LogP contribution in [-0.2, 0) is 37.7 Å². The van der Waals surface area contributed by atoms with Crippen LogP contribution in [0.3, 0.4) is 0 Å². The summed E-state index contributed by atoms with van der Waals surface area (Å²) in [5.74, 6) is -2.04. The molecule has 2 aromatic rings. The molecule has 0 unspecified atom stereocenters. The number of ether oxygens (including phenoxy) is 3. The highest BCUT2D eigenvalue weighted by Gasteiger charge is 2.49. The smallest absolute Gasteiger partial charge is 0.343 e. The second-order valence-corrected chi connectivity index (χ2v) is 11.9. The highest BCUT2D eigenvalue weighted by Crippen LogP contribution is 2.39. The van der Waals surface area contributed by atoms with Gasteiger partial charge in [0.1, 0.15) is 12.4 Å². The van der Waals surface area contributed by atoms with Gasteiger partial charge in [-0.25, -0.2) is 4.79 Å². The van der Waals surface area contributed by atoms with Crippen LogP contribution in [0.2, 0.25) is 5.02 Å². The average Bonchev–Trinajstić information content (AvgIpc) is 3.01. The molecule has 42 heavy (non-hydrogen) atoms. The van der Waals surface area contributed by atoms with Crippen LogP contribution in [0.15, 0.2) is 49.1 Å². The third kappa shape index (κ3) is 8.51. The van der Waals surface area contributed by atoms with Crippen molar-refractivity contribution < 1.29 is 28.9 Å². The van der Waals surface area contributed by atoms with Crippen molar-refractivity contribution in [2.45, 2.75) is 77.9 Å². The van der Waals surface area contributed by atoms with Crippen molar-refractivity contribution in [2.75, 3.05) is 31.7 Å². The van der Waals surface area contributed by atoms with Crippen LogP contribution in [0.5, 0.6) is 5.75 Å². The van der Waals surface area contributed by atoms with E-state index in [1.165, 1.54) is 19.6 Å². The summed E-state index contributed by atoms with van der Waals surface area (Å²) in [6.45, 7) is 11.2. The molecule has 1 N–H and O–H groups in total. The van der Waals surface area contributed by atoms with Gasteiger partial charge in [-0.1, -0.05) is 50.1 Å². The lowest BCUT2D eigenvalue weighted by Gasteiger charge is -2.33. The Morgan fingerprint density at radius 1 is 1.12 bits per heavy atom. The molecular formula is C34H46ClNO6. The number of benzene rings is 2. The largest absolute Gasteiger partial charge is 0.487 e. The summed E-state index contributed by atoms with van der Waals surface area (Å²) in [6.07, 6.45) is 8.79. The molecule has 0 radical (unpaired) electrons. The Hall–Kier alpha value is -3.03. The van der Waals surface area contributed by atoms with E-state index >= 15 is 0 Å². The number of methoxy groups -OCH3 is 1. The lowest BCUT2D eigenvalue weighted by Crippen LogP contribution is -2.47. The highest BCUT2D eigenvalue weighted by molar-refractivity contribution is 6.30. The molecule has 0 saturated heterocycles. The van der Waals surface area contributed by atoms with E-state index in [1.807, 2.05) is 38.1 Å². The Morgan fingerprint density at radius 2 is 1.90 bits per heavy atom. The Balaban J connectivity index is 2.04. The third-order valence-electron chi connectivity index (χ3n) is 7.79. The topological polar surface area (TPSA) is 85.3 Å². The van der Waals surface area contributed by atoms with Crippen molar-refractivity contribution in [1.29, 1.82) is 0 Å². The molecule has 2 atom stereocenters. The summed E-state index contributed by atoms with van der Waals surface area (Å²) in [6, 6.07) is 11.1. The van der Waals surface area contributed by atoms with Crippen molar-refractivity contribution in [2.24, 2.45) is 11.8 Å². The molecule has 1 aliphatic heterocycles. The predicted molar refractivity (Wildman–Crippen MR) is 167 cm³/mol. The number of nitrogens with zero attached hydrogens (tertiary/aromatic N) is 1. The number of fused-ring (bicyclic) bond motifs is 2. The molecule has 0 fully saturated rings. The molecule has 230 valence electrons. The van der Waals surface area contributed by atoms with Gasteiger partial charge in [-0.3, -0.25) is 4.79 Å². The highest BCUT2D eigenvalue weighted by atomic mass is 35.5. The van der Waals surface area contributed by atoms with Gasteiger partial charge in [-0.05, 0) is 92.3 Å². The molecule has 0 aliphatic carbocycles. The van der Waals surface area contributed by atoms with E-state index in [9.17, 15) is 14.7 Å².